The fourth-order valence-electron chi connectivity index (χ4n) is 0.587. The van der Waals surface area contributed by atoms with Crippen LogP contribution in [0.3, 0.4) is 0 Å². The molecule has 0 bridgehead atoms. The van der Waals surface area contributed by atoms with Crippen molar-refractivity contribution in [1.82, 2.24) is 5.32 Å². The fourth-order valence-corrected chi connectivity index (χ4v) is 0.587. The van der Waals surface area contributed by atoms with Gasteiger partial charge in [0.1, 0.15) is 0 Å². The molecule has 4 nitrogen and oxygen atoms in total. The van der Waals surface area contributed by atoms with Crippen molar-refractivity contribution in [3.8, 4) is 12.3 Å². The maximum absolute atomic E-state index is 10.8. The Morgan fingerprint density at radius 3 is 2.67 bits per heavy atom. The molecule has 12 heavy (non-hydrogen) atoms. The molecular weight excluding hydrogens is 158 g/mol. The molecule has 0 saturated carbocycles. The largest absolute Gasteiger partial charge is 0.481 e. The van der Waals surface area contributed by atoms with Gasteiger partial charge < -0.3 is 10.4 Å². The Hall–Kier alpha value is -1.50. The third-order valence-corrected chi connectivity index (χ3v) is 1.30. The Morgan fingerprint density at radius 1 is 1.67 bits per heavy atom. The molecule has 2 N–H and O–H groups in total. The van der Waals surface area contributed by atoms with E-state index in [9.17, 15) is 9.59 Å². The molecule has 0 rings (SSSR count). The molecule has 1 unspecified atom stereocenters. The summed E-state index contributed by atoms with van der Waals surface area (Å²) in [4.78, 5) is 21.1. The average Bonchev–Trinajstić information content (AvgIpc) is 2.00. The molecule has 0 aromatic heterocycles. The zero-order chi connectivity index (χ0) is 9.56. The van der Waals surface area contributed by atoms with Crippen molar-refractivity contribution in [3.63, 3.8) is 0 Å². The van der Waals surface area contributed by atoms with Crippen LogP contribution >= 0.6 is 0 Å². The first kappa shape index (κ1) is 10.5. The number of nitrogens with one attached hydrogen (secondary N) is 1. The first-order valence-corrected chi connectivity index (χ1v) is 3.51. The number of hydrogen-bond donors (Lipinski definition) is 2. The monoisotopic (exact) mass is 169 g/mol. The summed E-state index contributed by atoms with van der Waals surface area (Å²) in [5.41, 5.74) is 0. The topological polar surface area (TPSA) is 66.4 Å². The van der Waals surface area contributed by atoms with E-state index in [1.807, 2.05) is 0 Å². The number of carbonyl (C=O) groups excluding carboxylic acids is 1. The molecule has 66 valence electrons. The lowest BCUT2D eigenvalue weighted by atomic mass is 10.1. The maximum atomic E-state index is 10.8. The minimum absolute atomic E-state index is 0.0307. The van der Waals surface area contributed by atoms with Gasteiger partial charge in [0.15, 0.2) is 0 Å². The summed E-state index contributed by atoms with van der Waals surface area (Å²) in [6.45, 7) is 1.61. The minimum Gasteiger partial charge on any atom is -0.481 e. The Morgan fingerprint density at radius 2 is 2.25 bits per heavy atom. The number of carbonyl (C=O) groups is 2. The molecule has 0 radical (unpaired) electrons. The van der Waals surface area contributed by atoms with Crippen LogP contribution in [0.5, 0.6) is 0 Å². The Bertz CT molecular complexity index is 217. The standard InChI is InChI=1S/C8H11NO3/c1-3-4-9-7(10)5-6(2)8(11)12/h1,6H,4-5H2,2H3,(H,9,10)(H,11,12). The van der Waals surface area contributed by atoms with Gasteiger partial charge in [-0.1, -0.05) is 12.8 Å². The molecule has 0 aliphatic heterocycles. The summed E-state index contributed by atoms with van der Waals surface area (Å²) in [6.07, 6.45) is 4.86. The number of aliphatic carboxylic acids is 1. The van der Waals surface area contributed by atoms with Gasteiger partial charge in [-0.15, -0.1) is 6.42 Å². The van der Waals surface area contributed by atoms with Crippen molar-refractivity contribution in [2.75, 3.05) is 6.54 Å². The van der Waals surface area contributed by atoms with E-state index in [4.69, 9.17) is 11.5 Å². The molecule has 0 aromatic carbocycles. The van der Waals surface area contributed by atoms with Gasteiger partial charge in [-0.3, -0.25) is 9.59 Å². The lowest BCUT2D eigenvalue weighted by Gasteiger charge is -2.04. The second-order valence-corrected chi connectivity index (χ2v) is 2.42. The summed E-state index contributed by atoms with van der Waals surface area (Å²) in [7, 11) is 0. The van der Waals surface area contributed by atoms with Crippen molar-refractivity contribution >= 4 is 11.9 Å². The predicted octanol–water partition coefficient (Wildman–Crippen LogP) is -0.153. The minimum atomic E-state index is -0.981. The molecule has 0 aliphatic carbocycles. The number of hydrogen-bond acceptors (Lipinski definition) is 2. The quantitative estimate of drug-likeness (QED) is 0.575. The smallest absolute Gasteiger partial charge is 0.306 e. The van der Waals surface area contributed by atoms with Gasteiger partial charge in [-0.2, -0.15) is 0 Å². The second-order valence-electron chi connectivity index (χ2n) is 2.42. The number of carboxylic acids is 1. The van der Waals surface area contributed by atoms with Crippen LogP contribution in [0.15, 0.2) is 0 Å². The van der Waals surface area contributed by atoms with E-state index in [1.165, 1.54) is 6.92 Å². The maximum Gasteiger partial charge on any atom is 0.306 e. The molecule has 0 aromatic rings. The summed E-state index contributed by atoms with van der Waals surface area (Å²) in [5.74, 6) is 0.246. The van der Waals surface area contributed by atoms with Crippen LogP contribution in [0.4, 0.5) is 0 Å². The first-order valence-electron chi connectivity index (χ1n) is 3.51. The number of amides is 1. The van der Waals surface area contributed by atoms with Crippen LogP contribution in [0.1, 0.15) is 13.3 Å². The van der Waals surface area contributed by atoms with Crippen LogP contribution in [-0.2, 0) is 9.59 Å². The molecule has 0 spiro atoms. The molecule has 4 heteroatoms. The number of rotatable bonds is 4. The highest BCUT2D eigenvalue weighted by Crippen LogP contribution is 2.00. The summed E-state index contributed by atoms with van der Waals surface area (Å²) in [5, 5.41) is 10.8. The van der Waals surface area contributed by atoms with Gasteiger partial charge >= 0.3 is 5.97 Å². The molecule has 0 fully saturated rings. The summed E-state index contributed by atoms with van der Waals surface area (Å²) < 4.78 is 0. The van der Waals surface area contributed by atoms with Gasteiger partial charge in [0, 0.05) is 6.42 Å². The zero-order valence-electron chi connectivity index (χ0n) is 6.83. The van der Waals surface area contributed by atoms with Crippen LogP contribution in [0, 0.1) is 18.3 Å². The fraction of sp³-hybridized carbons (Fsp3) is 0.500. The summed E-state index contributed by atoms with van der Waals surface area (Å²) in [6, 6.07) is 0. The third-order valence-electron chi connectivity index (χ3n) is 1.30. The van der Waals surface area contributed by atoms with Crippen LogP contribution in [0.25, 0.3) is 0 Å². The molecule has 1 amide bonds. The lowest BCUT2D eigenvalue weighted by Crippen LogP contribution is -2.27. The van der Waals surface area contributed by atoms with E-state index >= 15 is 0 Å². The number of terminal acetylenes is 1. The van der Waals surface area contributed by atoms with Crippen molar-refractivity contribution in [3.05, 3.63) is 0 Å². The van der Waals surface area contributed by atoms with E-state index in [1.54, 1.807) is 0 Å². The van der Waals surface area contributed by atoms with Crippen LogP contribution in [0.2, 0.25) is 0 Å². The molecule has 0 saturated heterocycles. The Labute approximate surface area is 71.0 Å². The molecule has 0 heterocycles. The molecule has 0 aliphatic rings. The highest BCUT2D eigenvalue weighted by molar-refractivity contribution is 5.82. The third kappa shape index (κ3) is 4.34. The van der Waals surface area contributed by atoms with Crippen molar-refractivity contribution in [1.29, 1.82) is 0 Å². The van der Waals surface area contributed by atoms with E-state index in [0.717, 1.165) is 0 Å². The van der Waals surface area contributed by atoms with Gasteiger partial charge in [0.2, 0.25) is 5.91 Å². The average molecular weight is 169 g/mol. The van der Waals surface area contributed by atoms with Crippen molar-refractivity contribution in [2.45, 2.75) is 13.3 Å². The van der Waals surface area contributed by atoms with E-state index in [-0.39, 0.29) is 18.9 Å². The summed E-state index contributed by atoms with van der Waals surface area (Å²) >= 11 is 0. The van der Waals surface area contributed by atoms with E-state index in [2.05, 4.69) is 11.2 Å². The first-order chi connectivity index (χ1) is 5.57. The van der Waals surface area contributed by atoms with Crippen molar-refractivity contribution < 1.29 is 14.7 Å². The van der Waals surface area contributed by atoms with E-state index in [0.29, 0.717) is 0 Å². The van der Waals surface area contributed by atoms with Gasteiger partial charge in [0.05, 0.1) is 12.5 Å². The lowest BCUT2D eigenvalue weighted by molar-refractivity contribution is -0.143. The molecule has 1 atom stereocenters. The molecular formula is C8H11NO3. The Balaban J connectivity index is 3.71. The second kappa shape index (κ2) is 5.19. The van der Waals surface area contributed by atoms with Gasteiger partial charge in [-0.05, 0) is 0 Å². The number of carboxylic acid groups (broad SMARTS) is 1. The zero-order valence-corrected chi connectivity index (χ0v) is 6.83. The Kier molecular flexibility index (Phi) is 4.54. The van der Waals surface area contributed by atoms with Crippen molar-refractivity contribution in [2.24, 2.45) is 5.92 Å². The predicted molar refractivity (Wildman–Crippen MR) is 43.3 cm³/mol. The van der Waals surface area contributed by atoms with Crippen LogP contribution in [-0.4, -0.2) is 23.5 Å². The van der Waals surface area contributed by atoms with Gasteiger partial charge in [-0.25, -0.2) is 0 Å². The SMILES string of the molecule is C#CCNC(=O)CC(C)C(=O)O. The van der Waals surface area contributed by atoms with Gasteiger partial charge in [0.25, 0.3) is 0 Å². The van der Waals surface area contributed by atoms with E-state index < -0.39 is 11.9 Å². The normalized spacial score (nSPS) is 11.3. The van der Waals surface area contributed by atoms with Crippen LogP contribution < -0.4 is 5.32 Å². The highest BCUT2D eigenvalue weighted by atomic mass is 16.4. The highest BCUT2D eigenvalue weighted by Gasteiger charge is 2.14.